The summed E-state index contributed by atoms with van der Waals surface area (Å²) >= 11 is 8.00. The lowest BCUT2D eigenvalue weighted by Gasteiger charge is -2.32. The number of carbonyl (C=O) groups excluding carboxylic acids is 5. The Morgan fingerprint density at radius 3 is 0.959 bits per heavy atom. The molecule has 0 spiro atoms. The van der Waals surface area contributed by atoms with Crippen molar-refractivity contribution in [3.63, 3.8) is 0 Å². The molecule has 2 atom stereocenters. The van der Waals surface area contributed by atoms with E-state index in [2.05, 4.69) is 10.6 Å². The molecule has 0 aliphatic carbocycles. The second-order valence-corrected chi connectivity index (χ2v) is 24.0. The number of aliphatic hydroxyl groups is 4. The van der Waals surface area contributed by atoms with Gasteiger partial charge in [-0.1, -0.05) is 0 Å². The van der Waals surface area contributed by atoms with Gasteiger partial charge in [-0.3, -0.25) is 38.7 Å². The Labute approximate surface area is 483 Å². The molecule has 25 heteroatoms. The minimum atomic E-state index is -1.17. The number of methoxy groups -OCH3 is 4. The van der Waals surface area contributed by atoms with Gasteiger partial charge in [-0.15, -0.1) is 0 Å². The number of hydrogen-bond acceptors (Lipinski definition) is 19. The van der Waals surface area contributed by atoms with E-state index >= 15 is 0 Å². The van der Waals surface area contributed by atoms with E-state index in [1.54, 1.807) is 72.1 Å². The van der Waals surface area contributed by atoms with Crippen molar-refractivity contribution in [2.45, 2.75) is 104 Å². The van der Waals surface area contributed by atoms with Gasteiger partial charge in [0.15, 0.2) is 0 Å². The number of rotatable bonds is 28. The maximum Gasteiger partial charge on any atom is 0.320 e. The molecule has 2 unspecified atom stereocenters. The second-order valence-electron chi connectivity index (χ2n) is 19.6. The van der Waals surface area contributed by atoms with Crippen LogP contribution in [0.15, 0.2) is 0 Å². The van der Waals surface area contributed by atoms with Crippen molar-refractivity contribution >= 4 is 120 Å². The van der Waals surface area contributed by atoms with Gasteiger partial charge in [0.1, 0.15) is 39.8 Å². The Morgan fingerprint density at radius 2 is 0.726 bits per heavy atom. The molecular formula is C48H73I4N5O16. The van der Waals surface area contributed by atoms with Crippen molar-refractivity contribution in [3.8, 4) is 23.0 Å². The summed E-state index contributed by atoms with van der Waals surface area (Å²) in [6.45, 7) is 14.4. The molecule has 2 amide bonds. The van der Waals surface area contributed by atoms with E-state index < -0.39 is 71.9 Å². The average molecular weight is 1480 g/mol. The SMILES string of the molecule is COc1c(I)c(C(=O)NCC(O)CO)c(I)c(OC)c1CN(CCN(CCN(CC(=O)OC(C)(C)C)Cc1c(OC)c(I)c(C(=O)NCC(O)CO)c(I)c1OC)CC(=O)OC(C)(C)C)CC(=O)OC(C)(C)C. The summed E-state index contributed by atoms with van der Waals surface area (Å²) in [5, 5.41) is 43.8. The summed E-state index contributed by atoms with van der Waals surface area (Å²) < 4.78 is 42.7. The molecule has 0 radical (unpaired) electrons. The van der Waals surface area contributed by atoms with Gasteiger partial charge in [-0.05, 0) is 153 Å². The van der Waals surface area contributed by atoms with Crippen LogP contribution in [0.3, 0.4) is 0 Å². The number of nitrogens with one attached hydrogen (secondary N) is 2. The number of nitrogens with zero attached hydrogens (tertiary/aromatic N) is 3. The molecule has 0 aliphatic heterocycles. The first-order valence-corrected chi connectivity index (χ1v) is 27.4. The van der Waals surface area contributed by atoms with Crippen LogP contribution in [0.2, 0.25) is 0 Å². The van der Waals surface area contributed by atoms with Crippen molar-refractivity contribution in [2.24, 2.45) is 0 Å². The van der Waals surface area contributed by atoms with Gasteiger partial charge in [0.05, 0.1) is 110 Å². The van der Waals surface area contributed by atoms with Gasteiger partial charge < -0.3 is 64.2 Å². The van der Waals surface area contributed by atoms with Gasteiger partial charge in [-0.2, -0.15) is 0 Å². The third-order valence-corrected chi connectivity index (χ3v) is 14.1. The zero-order chi connectivity index (χ0) is 55.8. The van der Waals surface area contributed by atoms with Crippen molar-refractivity contribution in [1.82, 2.24) is 25.3 Å². The first kappa shape index (κ1) is 66.7. The first-order valence-electron chi connectivity index (χ1n) is 23.1. The number of hydrogen-bond donors (Lipinski definition) is 6. The number of esters is 3. The summed E-state index contributed by atoms with van der Waals surface area (Å²) in [6, 6.07) is 0. The standard InChI is InChI=1S/C48H73I4N5O16/c1-46(2,3)71-31(62)22-55(14-16-56(23-32(63)72-47(4,5)6)20-29-40(67-10)36(49)34(37(50)41(29)68-11)44(65)53-18-27(60)25-58)15-17-57(24-33(64)73-48(7,8)9)21-30-42(69-12)38(51)35(39(52)43(30)70-13)45(66)54-19-28(61)26-59/h27-28,58-61H,14-26H2,1-13H3,(H,53,65)(H,54,66). The lowest BCUT2D eigenvalue weighted by atomic mass is 10.1. The van der Waals surface area contributed by atoms with Crippen LogP contribution in [-0.2, 0) is 41.7 Å². The summed E-state index contributed by atoms with van der Waals surface area (Å²) in [5.74, 6) is -1.47. The topological polar surface area (TPSA) is 265 Å². The van der Waals surface area contributed by atoms with Crippen LogP contribution in [0.5, 0.6) is 23.0 Å². The molecule has 0 saturated heterocycles. The number of halogens is 4. The fourth-order valence-corrected chi connectivity index (χ4v) is 12.3. The summed E-state index contributed by atoms with van der Waals surface area (Å²) in [5.41, 5.74) is -0.999. The zero-order valence-corrected chi connectivity index (χ0v) is 52.5. The predicted octanol–water partition coefficient (Wildman–Crippen LogP) is 3.94. The minimum Gasteiger partial charge on any atom is -0.495 e. The Hall–Kier alpha value is -2.37. The highest BCUT2D eigenvalue weighted by atomic mass is 127. The fourth-order valence-electron chi connectivity index (χ4n) is 7.03. The molecule has 0 fully saturated rings. The van der Waals surface area contributed by atoms with Gasteiger partial charge in [0, 0.05) is 52.4 Å². The molecule has 0 aromatic heterocycles. The van der Waals surface area contributed by atoms with Crippen LogP contribution in [-0.4, -0.2) is 194 Å². The molecule has 21 nitrogen and oxygen atoms in total. The molecule has 414 valence electrons. The number of amides is 2. The monoisotopic (exact) mass is 1480 g/mol. The van der Waals surface area contributed by atoms with Gasteiger partial charge in [0.2, 0.25) is 0 Å². The first-order chi connectivity index (χ1) is 33.8. The average Bonchev–Trinajstić information content (AvgIpc) is 3.26. The van der Waals surface area contributed by atoms with Crippen molar-refractivity contribution < 1.29 is 77.6 Å². The molecule has 0 bridgehead atoms. The summed E-state index contributed by atoms with van der Waals surface area (Å²) in [6.07, 6.45) is -2.35. The molecule has 73 heavy (non-hydrogen) atoms. The number of ether oxygens (including phenoxy) is 7. The van der Waals surface area contributed by atoms with E-state index in [1.165, 1.54) is 28.4 Å². The quantitative estimate of drug-likeness (QED) is 0.0400. The van der Waals surface area contributed by atoms with E-state index in [-0.39, 0.29) is 83.1 Å². The third-order valence-electron chi connectivity index (χ3n) is 10.0. The predicted molar refractivity (Wildman–Crippen MR) is 305 cm³/mol. The van der Waals surface area contributed by atoms with Gasteiger partial charge in [0.25, 0.3) is 11.8 Å². The van der Waals surface area contributed by atoms with Crippen LogP contribution in [0.25, 0.3) is 0 Å². The van der Waals surface area contributed by atoms with Gasteiger partial charge >= 0.3 is 17.9 Å². The normalized spacial score (nSPS) is 12.9. The van der Waals surface area contributed by atoms with Crippen molar-refractivity contribution in [3.05, 3.63) is 36.5 Å². The van der Waals surface area contributed by atoms with Crippen molar-refractivity contribution in [2.75, 3.05) is 101 Å². The molecule has 2 aromatic rings. The van der Waals surface area contributed by atoms with Crippen LogP contribution in [0.1, 0.15) is 94.2 Å². The molecule has 0 heterocycles. The molecule has 2 rings (SSSR count). The van der Waals surface area contributed by atoms with E-state index in [4.69, 9.17) is 33.2 Å². The Bertz CT molecular complexity index is 2020. The Kier molecular flexibility index (Phi) is 27.9. The highest BCUT2D eigenvalue weighted by molar-refractivity contribution is 14.1. The Balaban J connectivity index is 2.77. The van der Waals surface area contributed by atoms with E-state index in [1.807, 2.05) is 95.3 Å². The lowest BCUT2D eigenvalue weighted by Crippen LogP contribution is -2.45. The second kappa shape index (κ2) is 30.5. The van der Waals surface area contributed by atoms with Crippen LogP contribution >= 0.6 is 90.4 Å². The lowest BCUT2D eigenvalue weighted by molar-refractivity contribution is -0.158. The molecule has 2 aromatic carbocycles. The summed E-state index contributed by atoms with van der Waals surface area (Å²) in [7, 11) is 5.78. The molecular weight excluding hydrogens is 1410 g/mol. The zero-order valence-electron chi connectivity index (χ0n) is 43.9. The summed E-state index contributed by atoms with van der Waals surface area (Å²) in [4.78, 5) is 73.4. The maximum atomic E-state index is 13.6. The van der Waals surface area contributed by atoms with Crippen molar-refractivity contribution in [1.29, 1.82) is 0 Å². The molecule has 0 aliphatic rings. The number of aliphatic hydroxyl groups excluding tert-OH is 4. The third kappa shape index (κ3) is 21.9. The highest BCUT2D eigenvalue weighted by Gasteiger charge is 2.32. The molecule has 6 N–H and O–H groups in total. The largest absolute Gasteiger partial charge is 0.495 e. The number of carbonyl (C=O) groups is 5. The van der Waals surface area contributed by atoms with Crippen LogP contribution in [0.4, 0.5) is 0 Å². The van der Waals surface area contributed by atoms with Crippen LogP contribution in [0, 0.1) is 14.3 Å². The maximum absolute atomic E-state index is 13.6. The van der Waals surface area contributed by atoms with E-state index in [9.17, 15) is 44.4 Å². The molecule has 0 saturated carbocycles. The number of benzene rings is 2. The van der Waals surface area contributed by atoms with E-state index in [0.29, 0.717) is 48.4 Å². The Morgan fingerprint density at radius 1 is 0.479 bits per heavy atom. The smallest absolute Gasteiger partial charge is 0.320 e. The van der Waals surface area contributed by atoms with Gasteiger partial charge in [-0.25, -0.2) is 0 Å². The fraction of sp³-hybridized carbons (Fsp3) is 0.646. The highest BCUT2D eigenvalue weighted by Crippen LogP contribution is 2.43. The van der Waals surface area contributed by atoms with Crippen LogP contribution < -0.4 is 29.6 Å². The van der Waals surface area contributed by atoms with E-state index in [0.717, 1.165) is 0 Å². The minimum absolute atomic E-state index is 0.0423.